The van der Waals surface area contributed by atoms with Crippen molar-refractivity contribution in [2.75, 3.05) is 26.3 Å². The first kappa shape index (κ1) is 14.3. The van der Waals surface area contributed by atoms with E-state index in [1.54, 1.807) is 0 Å². The van der Waals surface area contributed by atoms with E-state index in [1.807, 2.05) is 0 Å². The second-order valence-corrected chi connectivity index (χ2v) is 5.82. The van der Waals surface area contributed by atoms with Crippen molar-refractivity contribution >= 4 is 0 Å². The van der Waals surface area contributed by atoms with E-state index in [4.69, 9.17) is 9.47 Å². The van der Waals surface area contributed by atoms with Gasteiger partial charge in [0.25, 0.3) is 0 Å². The van der Waals surface area contributed by atoms with E-state index < -0.39 is 0 Å². The van der Waals surface area contributed by atoms with Gasteiger partial charge in [0.05, 0.1) is 18.8 Å². The fourth-order valence-corrected chi connectivity index (χ4v) is 2.74. The Kier molecular flexibility index (Phi) is 6.46. The van der Waals surface area contributed by atoms with E-state index in [0.29, 0.717) is 12.2 Å². The van der Waals surface area contributed by atoms with E-state index in [9.17, 15) is 0 Å². The van der Waals surface area contributed by atoms with Crippen LogP contribution in [-0.2, 0) is 9.47 Å². The molecule has 2 aliphatic rings. The minimum atomic E-state index is 0.347. The van der Waals surface area contributed by atoms with Gasteiger partial charge in [-0.2, -0.15) is 0 Å². The maximum absolute atomic E-state index is 5.97. The normalized spacial score (nSPS) is 28.5. The summed E-state index contributed by atoms with van der Waals surface area (Å²) >= 11 is 0. The summed E-state index contributed by atoms with van der Waals surface area (Å²) in [4.78, 5) is 0. The topological polar surface area (TPSA) is 30.5 Å². The van der Waals surface area contributed by atoms with Crippen LogP contribution in [0.15, 0.2) is 0 Å². The molecule has 3 heteroatoms. The first-order valence-corrected chi connectivity index (χ1v) is 7.82. The molecular weight excluding hydrogens is 226 g/mol. The third-order valence-corrected chi connectivity index (χ3v) is 4.19. The Balaban J connectivity index is 1.44. The lowest BCUT2D eigenvalue weighted by molar-refractivity contribution is -0.0182. The van der Waals surface area contributed by atoms with Crippen molar-refractivity contribution in [1.29, 1.82) is 0 Å². The standard InChI is InChI=1S/C15H29NO2/c1-2-9-16-11-14-6-7-15(18-14)12-17-10-8-13-4-3-5-13/h13-16H,2-12H2,1H3. The van der Waals surface area contributed by atoms with E-state index in [0.717, 1.165) is 32.2 Å². The lowest BCUT2D eigenvalue weighted by Crippen LogP contribution is -2.28. The highest BCUT2D eigenvalue weighted by molar-refractivity contribution is 4.75. The van der Waals surface area contributed by atoms with E-state index >= 15 is 0 Å². The Morgan fingerprint density at radius 1 is 1.17 bits per heavy atom. The predicted molar refractivity (Wildman–Crippen MR) is 73.8 cm³/mol. The quantitative estimate of drug-likeness (QED) is 0.643. The van der Waals surface area contributed by atoms with Crippen LogP contribution in [-0.4, -0.2) is 38.5 Å². The first-order chi connectivity index (χ1) is 8.88. The summed E-state index contributed by atoms with van der Waals surface area (Å²) in [6.45, 7) is 6.04. The maximum Gasteiger partial charge on any atom is 0.0813 e. The van der Waals surface area contributed by atoms with Crippen molar-refractivity contribution in [3.05, 3.63) is 0 Å². The number of hydrogen-bond donors (Lipinski definition) is 1. The second kappa shape index (κ2) is 8.13. The van der Waals surface area contributed by atoms with E-state index in [1.165, 1.54) is 44.9 Å². The van der Waals surface area contributed by atoms with Crippen molar-refractivity contribution in [3.63, 3.8) is 0 Å². The molecular formula is C15H29NO2. The van der Waals surface area contributed by atoms with Crippen LogP contribution < -0.4 is 5.32 Å². The molecule has 0 spiro atoms. The largest absolute Gasteiger partial charge is 0.379 e. The maximum atomic E-state index is 5.97. The summed E-state index contributed by atoms with van der Waals surface area (Å²) < 4.78 is 11.7. The molecule has 3 nitrogen and oxygen atoms in total. The number of rotatable bonds is 9. The predicted octanol–water partition coefficient (Wildman–Crippen LogP) is 2.74. The lowest BCUT2D eigenvalue weighted by Gasteiger charge is -2.25. The summed E-state index contributed by atoms with van der Waals surface area (Å²) in [7, 11) is 0. The molecule has 106 valence electrons. The Hall–Kier alpha value is -0.120. The highest BCUT2D eigenvalue weighted by atomic mass is 16.5. The molecule has 1 N–H and O–H groups in total. The summed E-state index contributed by atoms with van der Waals surface area (Å²) in [6.07, 6.45) is 9.85. The fraction of sp³-hybridized carbons (Fsp3) is 1.00. The molecule has 1 heterocycles. The molecule has 0 aromatic carbocycles. The van der Waals surface area contributed by atoms with Gasteiger partial charge in [0.15, 0.2) is 0 Å². The van der Waals surface area contributed by atoms with E-state index in [2.05, 4.69) is 12.2 Å². The molecule has 1 aliphatic heterocycles. The second-order valence-electron chi connectivity index (χ2n) is 5.82. The molecule has 2 rings (SSSR count). The van der Waals surface area contributed by atoms with Crippen LogP contribution in [0, 0.1) is 5.92 Å². The van der Waals surface area contributed by atoms with Crippen molar-refractivity contribution in [2.45, 2.75) is 64.1 Å². The Morgan fingerprint density at radius 2 is 2.00 bits per heavy atom. The summed E-state index contributed by atoms with van der Waals surface area (Å²) in [5.74, 6) is 0.959. The highest BCUT2D eigenvalue weighted by Gasteiger charge is 2.25. The Bertz CT molecular complexity index is 219. The third-order valence-electron chi connectivity index (χ3n) is 4.19. The van der Waals surface area contributed by atoms with Crippen LogP contribution in [0.4, 0.5) is 0 Å². The van der Waals surface area contributed by atoms with Crippen LogP contribution in [0.1, 0.15) is 51.9 Å². The molecule has 0 aromatic heterocycles. The molecule has 1 aliphatic carbocycles. The average molecular weight is 255 g/mol. The molecule has 1 saturated heterocycles. The van der Waals surface area contributed by atoms with Gasteiger partial charge < -0.3 is 14.8 Å². The van der Waals surface area contributed by atoms with Crippen LogP contribution in [0.2, 0.25) is 0 Å². The van der Waals surface area contributed by atoms with Gasteiger partial charge in [-0.3, -0.25) is 0 Å². The molecule has 18 heavy (non-hydrogen) atoms. The minimum Gasteiger partial charge on any atom is -0.379 e. The first-order valence-electron chi connectivity index (χ1n) is 7.82. The van der Waals surface area contributed by atoms with Crippen molar-refractivity contribution in [2.24, 2.45) is 5.92 Å². The lowest BCUT2D eigenvalue weighted by atomic mass is 9.83. The number of ether oxygens (including phenoxy) is 2. The summed E-state index contributed by atoms with van der Waals surface area (Å²) in [6, 6.07) is 0. The van der Waals surface area contributed by atoms with Crippen molar-refractivity contribution < 1.29 is 9.47 Å². The van der Waals surface area contributed by atoms with Crippen LogP contribution in [0.3, 0.4) is 0 Å². The fourth-order valence-electron chi connectivity index (χ4n) is 2.74. The van der Waals surface area contributed by atoms with Crippen LogP contribution >= 0.6 is 0 Å². The van der Waals surface area contributed by atoms with Gasteiger partial charge in [-0.25, -0.2) is 0 Å². The van der Waals surface area contributed by atoms with Gasteiger partial charge in [0, 0.05) is 13.2 Å². The number of nitrogens with one attached hydrogen (secondary N) is 1. The van der Waals surface area contributed by atoms with Crippen LogP contribution in [0.25, 0.3) is 0 Å². The zero-order valence-corrected chi connectivity index (χ0v) is 11.8. The summed E-state index contributed by atoms with van der Waals surface area (Å²) in [5, 5.41) is 3.43. The van der Waals surface area contributed by atoms with Crippen molar-refractivity contribution in [3.8, 4) is 0 Å². The Labute approximate surface area is 112 Å². The van der Waals surface area contributed by atoms with Gasteiger partial charge in [-0.05, 0) is 38.1 Å². The molecule has 0 bridgehead atoms. The monoisotopic (exact) mass is 255 g/mol. The molecule has 0 amide bonds. The van der Waals surface area contributed by atoms with Gasteiger partial charge in [0.2, 0.25) is 0 Å². The van der Waals surface area contributed by atoms with E-state index in [-0.39, 0.29) is 0 Å². The Morgan fingerprint density at radius 3 is 2.72 bits per heavy atom. The SMILES string of the molecule is CCCNCC1CCC(COCCC2CCC2)O1. The van der Waals surface area contributed by atoms with Gasteiger partial charge in [-0.1, -0.05) is 26.2 Å². The molecule has 2 unspecified atom stereocenters. The minimum absolute atomic E-state index is 0.347. The zero-order chi connectivity index (χ0) is 12.6. The van der Waals surface area contributed by atoms with Gasteiger partial charge >= 0.3 is 0 Å². The zero-order valence-electron chi connectivity index (χ0n) is 11.8. The van der Waals surface area contributed by atoms with Gasteiger partial charge in [0.1, 0.15) is 0 Å². The molecule has 2 fully saturated rings. The average Bonchev–Trinajstić information content (AvgIpc) is 2.75. The molecule has 0 radical (unpaired) electrons. The number of hydrogen-bond acceptors (Lipinski definition) is 3. The van der Waals surface area contributed by atoms with Crippen LogP contribution in [0.5, 0.6) is 0 Å². The van der Waals surface area contributed by atoms with Crippen molar-refractivity contribution in [1.82, 2.24) is 5.32 Å². The van der Waals surface area contributed by atoms with Gasteiger partial charge in [-0.15, -0.1) is 0 Å². The molecule has 1 saturated carbocycles. The smallest absolute Gasteiger partial charge is 0.0813 e. The highest BCUT2D eigenvalue weighted by Crippen LogP contribution is 2.29. The summed E-state index contributed by atoms with van der Waals surface area (Å²) in [5.41, 5.74) is 0. The molecule has 0 aromatic rings. The molecule has 2 atom stereocenters. The third kappa shape index (κ3) is 4.87.